The molecule has 3 atom stereocenters. The van der Waals surface area contributed by atoms with Gasteiger partial charge in [-0.25, -0.2) is 13.2 Å². The molecule has 0 bridgehead atoms. The molecule has 46 heteroatoms. The average molecular weight is 2210 g/mol. The molecule has 4 aliphatic heterocycles. The summed E-state index contributed by atoms with van der Waals surface area (Å²) in [6.45, 7) is 14.0. The molecule has 17 aromatic rings. The molecule has 760 valence electrons. The van der Waals surface area contributed by atoms with Crippen LogP contribution in [0.25, 0.3) is 76.8 Å². The fraction of sp³-hybridized carbons (Fsp3) is 0.238. The number of aromatic nitrogens is 16. The molecule has 4 fully saturated rings. The predicted octanol–water partition coefficient (Wildman–Crippen LogP) is 15.1. The van der Waals surface area contributed by atoms with Crippen molar-refractivity contribution in [3.05, 3.63) is 319 Å². The van der Waals surface area contributed by atoms with Crippen molar-refractivity contribution >= 4 is 180 Å². The van der Waals surface area contributed by atoms with E-state index in [2.05, 4.69) is 139 Å². The predicted molar refractivity (Wildman–Crippen MR) is 563 cm³/mol. The summed E-state index contributed by atoms with van der Waals surface area (Å²) in [6.07, 6.45) is 3.44. The minimum absolute atomic E-state index is 0. The van der Waals surface area contributed by atoms with Crippen LogP contribution >= 0.6 is 78.3 Å². The number of ether oxygens (including phenoxy) is 7. The first-order valence-electron chi connectivity index (χ1n) is 45.0. The van der Waals surface area contributed by atoms with Crippen molar-refractivity contribution in [1.82, 2.24) is 81.6 Å². The van der Waals surface area contributed by atoms with E-state index in [0.29, 0.717) is 98.5 Å². The molecule has 0 spiro atoms. The van der Waals surface area contributed by atoms with Crippen LogP contribution in [0.15, 0.2) is 232 Å². The van der Waals surface area contributed by atoms with Gasteiger partial charge in [0, 0.05) is 200 Å². The van der Waals surface area contributed by atoms with Gasteiger partial charge in [-0.05, 0) is 165 Å². The zero-order valence-electron chi connectivity index (χ0n) is 78.2. The van der Waals surface area contributed by atoms with Crippen molar-refractivity contribution < 1.29 is 76.5 Å². The third kappa shape index (κ3) is 27.4. The van der Waals surface area contributed by atoms with Crippen LogP contribution in [0.1, 0.15) is 76.8 Å². The number of nitrogens with one attached hydrogen (secondary N) is 2. The summed E-state index contributed by atoms with van der Waals surface area (Å²) in [5.41, 5.74) is 17.0. The summed E-state index contributed by atoms with van der Waals surface area (Å²) < 4.78 is 81.9. The Labute approximate surface area is 875 Å². The number of ketones is 1. The number of nitrogens with zero attached hydrogens (tertiary/aromatic N) is 18. The first-order valence-corrected chi connectivity index (χ1v) is 48.1. The van der Waals surface area contributed by atoms with Gasteiger partial charge in [-0.3, -0.25) is 24.6 Å². The van der Waals surface area contributed by atoms with Gasteiger partial charge < -0.3 is 83.9 Å². The van der Waals surface area contributed by atoms with Gasteiger partial charge in [0.2, 0.25) is 28.5 Å². The molecule has 21 rings (SSSR count). The number of anilines is 5. The maximum absolute atomic E-state index is 15.1. The third-order valence-corrected chi connectivity index (χ3v) is 25.7. The van der Waals surface area contributed by atoms with Crippen molar-refractivity contribution in [2.24, 2.45) is 0 Å². The van der Waals surface area contributed by atoms with Gasteiger partial charge in [-0.1, -0.05) is 91.8 Å². The maximum atomic E-state index is 15.1. The number of aliphatic hydroxyl groups excluding tert-OH is 3. The van der Waals surface area contributed by atoms with Crippen LogP contribution in [0, 0.1) is 17.5 Å². The smallest absolute Gasteiger partial charge is 0.480 e. The number of aromatic amines is 2. The van der Waals surface area contributed by atoms with Gasteiger partial charge in [0.25, 0.3) is 0 Å². The Morgan fingerprint density at radius 1 is 0.401 bits per heavy atom. The highest BCUT2D eigenvalue weighted by Crippen LogP contribution is 2.41. The van der Waals surface area contributed by atoms with Gasteiger partial charge in [0.05, 0.1) is 155 Å². The lowest BCUT2D eigenvalue weighted by Crippen LogP contribution is -2.36. The minimum Gasteiger partial charge on any atom is -0.480 e. The molecule has 8 aromatic heterocycles. The first-order chi connectivity index (χ1) is 70.6. The molecule has 0 aliphatic carbocycles. The Morgan fingerprint density at radius 2 is 0.741 bits per heavy atom. The van der Waals surface area contributed by atoms with Crippen LogP contribution in [-0.4, -0.2) is 246 Å². The van der Waals surface area contributed by atoms with E-state index >= 15 is 8.78 Å². The van der Waals surface area contributed by atoms with E-state index in [4.69, 9.17) is 95.3 Å². The lowest BCUT2D eigenvalue weighted by molar-refractivity contribution is 0.101. The average Bonchev–Trinajstić information content (AvgIpc) is 0.769. The minimum atomic E-state index is -2.02. The number of carbonyl (C=O) groups excluding carboxylic acids is 1. The van der Waals surface area contributed by atoms with Crippen LogP contribution in [0.4, 0.5) is 41.6 Å². The van der Waals surface area contributed by atoms with Crippen molar-refractivity contribution in [3.63, 3.8) is 0 Å². The quantitative estimate of drug-likeness (QED) is 0.0238. The van der Waals surface area contributed by atoms with Crippen molar-refractivity contribution in [2.45, 2.75) is 32.7 Å². The summed E-state index contributed by atoms with van der Waals surface area (Å²) in [4.78, 5) is 42.6. The Balaban J connectivity index is 0.000000140. The van der Waals surface area contributed by atoms with E-state index in [0.717, 1.165) is 155 Å². The fourth-order valence-corrected chi connectivity index (χ4v) is 17.5. The number of nitrogens with two attached hydrogens (primary N) is 1. The standard InChI is InChI=1S/2C24H21ClFN5O3.C12H11BClFN2O4.C12H12ClN3O.C12H13N3O2.C8H5BrN2O.C8H8BrNO.CH4/c2*1-33-23-5-4-21(29-30-23)24(32)17-11-16(20(26)12-19(17)25)18-13-27-28-22-10-14(2-3-15(18)22)31-6-8-34-9-7-31;1-21-11-3-2-10(16-17-11)12(18)6-4-7(13(19)20)9(15)5-8(6)14;13-11-8-14-15-12-7-9(1-2-10(11)12)16-3-5-17-6-4-16;16-12-8-13-14-11-7-9(1-2-10(11)12)15-3-5-17-6-4-15;9-5-1-2-6-7(3-5)11-10-4-8(6)12;1-5(11)7-3-2-6(9)4-8(7)10;/h2*2-5,10-13,24,32H,6-9H2,1H3;2-5,12,18-20H,1H3;1-2,7-8H,3-6H2;1-2,7-8H,3-6H2,(H,14,16);1-4H,(H,11,12);2-4H,10H2,1H3;1H4/t2*24-;;;;;;/m10....../s1. The number of fused-ring (bicyclic) bond motifs is 5. The number of Topliss-reactive ketones (excluding diaryl/α,β-unsaturated/α-hetero) is 1. The van der Waals surface area contributed by atoms with Crippen molar-refractivity contribution in [3.8, 4) is 39.9 Å². The molecule has 9 aromatic carbocycles. The van der Waals surface area contributed by atoms with Crippen LogP contribution in [0.2, 0.25) is 20.1 Å². The molecule has 0 radical (unpaired) electrons. The lowest BCUT2D eigenvalue weighted by atomic mass is 9.78. The van der Waals surface area contributed by atoms with E-state index in [1.54, 1.807) is 54.7 Å². The second kappa shape index (κ2) is 51.5. The highest BCUT2D eigenvalue weighted by Gasteiger charge is 2.28. The van der Waals surface area contributed by atoms with E-state index in [1.165, 1.54) is 89.4 Å². The molecule has 1 unspecified atom stereocenters. The van der Waals surface area contributed by atoms with E-state index < -0.39 is 48.3 Å². The van der Waals surface area contributed by atoms with Gasteiger partial charge in [-0.2, -0.15) is 40.8 Å². The number of rotatable bonds is 17. The maximum Gasteiger partial charge on any atom is 0.491 e. The van der Waals surface area contributed by atoms with E-state index in [9.17, 15) is 34.1 Å². The Hall–Kier alpha value is -13.8. The van der Waals surface area contributed by atoms with Gasteiger partial charge in [0.15, 0.2) is 5.78 Å². The van der Waals surface area contributed by atoms with Crippen molar-refractivity contribution in [2.75, 3.05) is 152 Å². The number of hydrogen-bond donors (Lipinski definition) is 8. The van der Waals surface area contributed by atoms with Crippen LogP contribution in [-0.2, 0) is 18.9 Å². The summed E-state index contributed by atoms with van der Waals surface area (Å²) in [6, 6.07) is 50.8. The number of benzene rings is 9. The number of H-pyrrole nitrogens is 2. The zero-order valence-corrected chi connectivity index (χ0v) is 84.4. The summed E-state index contributed by atoms with van der Waals surface area (Å²) in [5, 5.41) is 116. The van der Waals surface area contributed by atoms with Crippen LogP contribution < -0.4 is 55.9 Å². The Kier molecular flexibility index (Phi) is 38.2. The van der Waals surface area contributed by atoms with Crippen LogP contribution in [0.3, 0.4) is 0 Å². The molecular weight excluding hydrogens is 2120 g/mol. The Bertz CT molecular complexity index is 7400. The fourth-order valence-electron chi connectivity index (χ4n) is 15.8. The highest BCUT2D eigenvalue weighted by molar-refractivity contribution is 9.10. The number of carbonyl (C=O) groups is 1. The molecule has 9 N–H and O–H groups in total. The van der Waals surface area contributed by atoms with Gasteiger partial charge in [-0.15, -0.1) is 30.6 Å². The second-order valence-electron chi connectivity index (χ2n) is 32.6. The topological polar surface area (TPSA) is 468 Å². The number of morpholine rings is 4. The molecule has 0 saturated carbocycles. The number of hydrogen-bond acceptors (Lipinski definition) is 34. The summed E-state index contributed by atoms with van der Waals surface area (Å²) in [7, 11) is 2.35. The number of nitrogen functional groups attached to an aromatic ring is 1. The van der Waals surface area contributed by atoms with E-state index in [-0.39, 0.29) is 78.8 Å². The zero-order chi connectivity index (χ0) is 103. The second-order valence-corrected chi connectivity index (χ2v) is 36.0. The molecule has 12 heterocycles. The normalized spacial score (nSPS) is 14.0. The number of aliphatic hydroxyl groups is 3. The molecule has 0 amide bonds. The molecule has 4 aliphatic rings. The lowest BCUT2D eigenvalue weighted by Gasteiger charge is -2.29. The SMILES string of the molecule is C.CC(=O)c1ccc(Br)cc1N.COc1ccc(C(O)c2cc(B(O)O)c(F)cc2Cl)nn1.COc1ccc([C@@H](O)c2cc(-c3cnnc4cc(N5CCOCC5)ccc34)c(F)cc2Cl)nn1.COc1ccc([C@H](O)c2cc(-c3cnnc4cc(N5CCOCC5)ccc34)c(F)cc2Cl)nn1.Clc1cnnc2cc(N3CCOCC3)ccc12.O=c1cn[nH]c2cc(Br)ccc12.O=c1cn[nH]c2cc(N3CCOCC3)ccc12. The molecular formula is C101H95BBr2Cl4F3N21O15. The Morgan fingerprint density at radius 3 is 1.12 bits per heavy atom. The number of halogens is 9. The number of methoxy groups -OCH3 is 3. The first kappa shape index (κ1) is 109. The van der Waals surface area contributed by atoms with E-state index in [1.807, 2.05) is 78.9 Å². The summed E-state index contributed by atoms with van der Waals surface area (Å²) in [5.74, 6) is -1.06. The highest BCUT2D eigenvalue weighted by atomic mass is 79.9. The molecule has 4 saturated heterocycles. The molecule has 147 heavy (non-hydrogen) atoms. The summed E-state index contributed by atoms with van der Waals surface area (Å²) >= 11 is 31.1. The molecule has 36 nitrogen and oxygen atoms in total. The van der Waals surface area contributed by atoms with Crippen LogP contribution in [0.5, 0.6) is 17.6 Å². The third-order valence-electron chi connectivity index (χ3n) is 23.5. The van der Waals surface area contributed by atoms with Crippen molar-refractivity contribution in [1.29, 1.82) is 0 Å². The largest absolute Gasteiger partial charge is 0.491 e. The monoisotopic (exact) mass is 2210 g/mol. The van der Waals surface area contributed by atoms with Gasteiger partial charge in [0.1, 0.15) is 35.8 Å². The van der Waals surface area contributed by atoms with Gasteiger partial charge >= 0.3 is 7.12 Å².